The van der Waals surface area contributed by atoms with Crippen LogP contribution in [0, 0.1) is 10.1 Å². The van der Waals surface area contributed by atoms with Crippen LogP contribution < -0.4 is 0 Å². The molecular weight excluding hydrogens is 321 g/mol. The second-order valence-corrected chi connectivity index (χ2v) is 4.76. The molecule has 0 bridgehead atoms. The molecule has 0 saturated carbocycles. The number of benzene rings is 1. The molecule has 0 spiro atoms. The highest BCUT2D eigenvalue weighted by molar-refractivity contribution is 6.37. The van der Waals surface area contributed by atoms with Gasteiger partial charge in [0.05, 0.1) is 16.7 Å². The van der Waals surface area contributed by atoms with Gasteiger partial charge in [-0.1, -0.05) is 29.3 Å². The maximum Gasteiger partial charge on any atom is 0.433 e. The molecule has 21 heavy (non-hydrogen) atoms. The van der Waals surface area contributed by atoms with E-state index in [1.165, 1.54) is 24.3 Å². The van der Waals surface area contributed by atoms with Crippen LogP contribution in [0.4, 0.5) is 5.88 Å². The van der Waals surface area contributed by atoms with Gasteiger partial charge >= 0.3 is 11.9 Å². The quantitative estimate of drug-likeness (QED) is 0.517. The number of carboxylic acid groups (broad SMARTS) is 1. The van der Waals surface area contributed by atoms with Crippen molar-refractivity contribution in [1.82, 2.24) is 0 Å². The highest BCUT2D eigenvalue weighted by atomic mass is 35.5. The molecule has 1 aromatic carbocycles. The summed E-state index contributed by atoms with van der Waals surface area (Å²) in [5.74, 6) is -1.70. The number of nitro groups is 1. The summed E-state index contributed by atoms with van der Waals surface area (Å²) in [6.07, 6.45) is 1.16. The van der Waals surface area contributed by atoms with Crippen LogP contribution in [-0.2, 0) is 4.79 Å². The molecule has 108 valence electrons. The number of furan rings is 1. The standard InChI is InChI=1S/C13H7Cl2NO5/c14-7-1-3-9(11(15)5-7)10(13(17)18)6-8-2-4-12(21-8)16(19)20/h1-6H,(H,17,18)/b10-6-. The van der Waals surface area contributed by atoms with E-state index in [4.69, 9.17) is 27.6 Å². The first kappa shape index (κ1) is 15.1. The first-order valence-electron chi connectivity index (χ1n) is 5.53. The van der Waals surface area contributed by atoms with Gasteiger partial charge in [-0.2, -0.15) is 0 Å². The summed E-state index contributed by atoms with van der Waals surface area (Å²) in [4.78, 5) is 21.2. The highest BCUT2D eigenvalue weighted by Crippen LogP contribution is 2.29. The van der Waals surface area contributed by atoms with E-state index in [0.29, 0.717) is 5.02 Å². The number of aliphatic carboxylic acids is 1. The lowest BCUT2D eigenvalue weighted by Crippen LogP contribution is -2.00. The molecule has 1 heterocycles. The average molecular weight is 328 g/mol. The lowest BCUT2D eigenvalue weighted by atomic mass is 10.1. The largest absolute Gasteiger partial charge is 0.478 e. The number of hydrogen-bond donors (Lipinski definition) is 1. The van der Waals surface area contributed by atoms with Crippen LogP contribution >= 0.6 is 23.2 Å². The molecule has 0 amide bonds. The Kier molecular flexibility index (Phi) is 4.30. The fraction of sp³-hybridized carbons (Fsp3) is 0. The van der Waals surface area contributed by atoms with E-state index in [9.17, 15) is 20.0 Å². The van der Waals surface area contributed by atoms with Crippen LogP contribution in [-0.4, -0.2) is 16.0 Å². The molecule has 2 aromatic rings. The Hall–Kier alpha value is -2.31. The van der Waals surface area contributed by atoms with E-state index in [0.717, 1.165) is 12.1 Å². The van der Waals surface area contributed by atoms with E-state index in [1.54, 1.807) is 0 Å². The molecule has 8 heteroatoms. The number of hydrogen-bond acceptors (Lipinski definition) is 4. The summed E-state index contributed by atoms with van der Waals surface area (Å²) in [5, 5.41) is 20.3. The van der Waals surface area contributed by atoms with Crippen molar-refractivity contribution in [3.63, 3.8) is 0 Å². The molecule has 0 atom stereocenters. The van der Waals surface area contributed by atoms with Crippen molar-refractivity contribution in [2.45, 2.75) is 0 Å². The summed E-state index contributed by atoms with van der Waals surface area (Å²) in [7, 11) is 0. The van der Waals surface area contributed by atoms with Gasteiger partial charge in [0.2, 0.25) is 0 Å². The smallest absolute Gasteiger partial charge is 0.433 e. The molecule has 0 unspecified atom stereocenters. The Bertz CT molecular complexity index is 751. The van der Waals surface area contributed by atoms with Crippen molar-refractivity contribution < 1.29 is 19.2 Å². The van der Waals surface area contributed by atoms with E-state index in [-0.39, 0.29) is 21.9 Å². The molecule has 1 N–H and O–H groups in total. The van der Waals surface area contributed by atoms with Crippen LogP contribution in [0.15, 0.2) is 34.7 Å². The Labute approximate surface area is 128 Å². The van der Waals surface area contributed by atoms with Gasteiger partial charge in [0.25, 0.3) is 0 Å². The minimum Gasteiger partial charge on any atom is -0.478 e. The molecule has 0 fully saturated rings. The molecule has 0 radical (unpaired) electrons. The molecule has 0 aliphatic carbocycles. The number of rotatable bonds is 4. The van der Waals surface area contributed by atoms with Crippen molar-refractivity contribution in [3.05, 3.63) is 61.8 Å². The maximum absolute atomic E-state index is 11.3. The van der Waals surface area contributed by atoms with Crippen molar-refractivity contribution >= 4 is 46.7 Å². The third-order valence-electron chi connectivity index (χ3n) is 2.53. The predicted molar refractivity (Wildman–Crippen MR) is 77.3 cm³/mol. The van der Waals surface area contributed by atoms with Gasteiger partial charge < -0.3 is 9.52 Å². The minimum atomic E-state index is -1.25. The van der Waals surface area contributed by atoms with E-state index in [2.05, 4.69) is 0 Å². The fourth-order valence-electron chi connectivity index (χ4n) is 1.62. The lowest BCUT2D eigenvalue weighted by molar-refractivity contribution is -0.402. The van der Waals surface area contributed by atoms with Crippen LogP contribution in [0.2, 0.25) is 10.0 Å². The number of nitrogens with zero attached hydrogens (tertiary/aromatic N) is 1. The summed E-state index contributed by atoms with van der Waals surface area (Å²) in [6.45, 7) is 0. The van der Waals surface area contributed by atoms with Crippen molar-refractivity contribution in [3.8, 4) is 0 Å². The molecular formula is C13H7Cl2NO5. The summed E-state index contributed by atoms with van der Waals surface area (Å²) >= 11 is 11.7. The zero-order chi connectivity index (χ0) is 15.6. The van der Waals surface area contributed by atoms with Gasteiger partial charge in [0.15, 0.2) is 0 Å². The van der Waals surface area contributed by atoms with Crippen LogP contribution in [0.5, 0.6) is 0 Å². The van der Waals surface area contributed by atoms with Crippen molar-refractivity contribution in [2.75, 3.05) is 0 Å². The van der Waals surface area contributed by atoms with Gasteiger partial charge in [-0.3, -0.25) is 10.1 Å². The molecule has 0 aliphatic rings. The van der Waals surface area contributed by atoms with Crippen LogP contribution in [0.1, 0.15) is 11.3 Å². The van der Waals surface area contributed by atoms with E-state index < -0.39 is 16.8 Å². The van der Waals surface area contributed by atoms with Gasteiger partial charge in [0.1, 0.15) is 10.7 Å². The topological polar surface area (TPSA) is 93.6 Å². The SMILES string of the molecule is O=C(O)/C(=C\c1ccc([N+](=O)[O-])o1)c1ccc(Cl)cc1Cl. The number of carbonyl (C=O) groups is 1. The second-order valence-electron chi connectivity index (χ2n) is 3.92. The van der Waals surface area contributed by atoms with E-state index >= 15 is 0 Å². The van der Waals surface area contributed by atoms with Gasteiger partial charge in [-0.15, -0.1) is 0 Å². The van der Waals surface area contributed by atoms with Crippen LogP contribution in [0.3, 0.4) is 0 Å². The molecule has 1 aromatic heterocycles. The normalized spacial score (nSPS) is 11.4. The molecule has 2 rings (SSSR count). The lowest BCUT2D eigenvalue weighted by Gasteiger charge is -2.05. The number of carboxylic acids is 1. The zero-order valence-electron chi connectivity index (χ0n) is 10.2. The third kappa shape index (κ3) is 3.42. The molecule has 6 nitrogen and oxygen atoms in total. The van der Waals surface area contributed by atoms with Gasteiger partial charge in [0, 0.05) is 10.6 Å². The maximum atomic E-state index is 11.3. The monoisotopic (exact) mass is 327 g/mol. The predicted octanol–water partition coefficient (Wildman–Crippen LogP) is 4.12. The minimum absolute atomic E-state index is 0.0325. The zero-order valence-corrected chi connectivity index (χ0v) is 11.8. The Morgan fingerprint density at radius 3 is 2.52 bits per heavy atom. The van der Waals surface area contributed by atoms with Gasteiger partial charge in [-0.05, 0) is 24.3 Å². The Morgan fingerprint density at radius 1 is 1.29 bits per heavy atom. The third-order valence-corrected chi connectivity index (χ3v) is 3.08. The second kappa shape index (κ2) is 5.99. The van der Waals surface area contributed by atoms with E-state index in [1.807, 2.05) is 0 Å². The fourth-order valence-corrected chi connectivity index (χ4v) is 2.13. The Balaban J connectivity index is 2.49. The average Bonchev–Trinajstić information content (AvgIpc) is 2.85. The molecule has 0 saturated heterocycles. The van der Waals surface area contributed by atoms with Crippen molar-refractivity contribution in [2.24, 2.45) is 0 Å². The Morgan fingerprint density at radius 2 is 2.00 bits per heavy atom. The first-order chi connectivity index (χ1) is 9.88. The van der Waals surface area contributed by atoms with Gasteiger partial charge in [-0.25, -0.2) is 4.79 Å². The summed E-state index contributed by atoms with van der Waals surface area (Å²) in [6, 6.07) is 6.77. The molecule has 0 aliphatic heterocycles. The van der Waals surface area contributed by atoms with Crippen molar-refractivity contribution in [1.29, 1.82) is 0 Å². The first-order valence-corrected chi connectivity index (χ1v) is 6.28. The summed E-state index contributed by atoms with van der Waals surface area (Å²) < 4.78 is 4.90. The highest BCUT2D eigenvalue weighted by Gasteiger charge is 2.17. The number of halogens is 2. The summed E-state index contributed by atoms with van der Waals surface area (Å²) in [5.41, 5.74) is 0.0635. The van der Waals surface area contributed by atoms with Crippen LogP contribution in [0.25, 0.3) is 11.6 Å².